The van der Waals surface area contributed by atoms with E-state index >= 15 is 0 Å². The van der Waals surface area contributed by atoms with Gasteiger partial charge in [-0.1, -0.05) is 0 Å². The van der Waals surface area contributed by atoms with E-state index in [1.165, 1.54) is 0 Å². The average molecular weight is 262 g/mol. The molecular formula is C8H16BrMgNO2. The first-order chi connectivity index (χ1) is 5.37. The molecule has 0 fully saturated rings. The first-order valence-electron chi connectivity index (χ1n) is 4.10. The largest absolute Gasteiger partial charge is 1.00 e. The summed E-state index contributed by atoms with van der Waals surface area (Å²) in [7, 11) is 1.75. The second-order valence-electron chi connectivity index (χ2n) is 3.76. The van der Waals surface area contributed by atoms with Gasteiger partial charge in [-0.3, -0.25) is 0 Å². The third-order valence-corrected chi connectivity index (χ3v) is 1.51. The van der Waals surface area contributed by atoms with Gasteiger partial charge in [-0.05, 0) is 0 Å². The van der Waals surface area contributed by atoms with Crippen molar-refractivity contribution in [2.45, 2.75) is 30.9 Å². The molecule has 5 heteroatoms. The average Bonchev–Trinajstić information content (AvgIpc) is 1.84. The molecule has 3 nitrogen and oxygen atoms in total. The van der Waals surface area contributed by atoms with Crippen LogP contribution < -0.4 is 17.0 Å². The minimum Gasteiger partial charge on any atom is -1.00 e. The zero-order valence-corrected chi connectivity index (χ0v) is 11.8. The normalized spacial score (nSPS) is 10.3. The van der Waals surface area contributed by atoms with Crippen molar-refractivity contribution in [3.05, 3.63) is 0 Å². The van der Waals surface area contributed by atoms with Gasteiger partial charge in [0.05, 0.1) is 0 Å². The number of carbonyl (C=O) groups is 1. The van der Waals surface area contributed by atoms with Gasteiger partial charge in [0.1, 0.15) is 0 Å². The van der Waals surface area contributed by atoms with Crippen LogP contribution in [-0.4, -0.2) is 51.9 Å². The van der Waals surface area contributed by atoms with Crippen molar-refractivity contribution >= 4 is 27.8 Å². The summed E-state index contributed by atoms with van der Waals surface area (Å²) in [4.78, 5) is 12.9. The molecule has 0 heterocycles. The van der Waals surface area contributed by atoms with Crippen LogP contribution in [-0.2, 0) is 4.74 Å². The standard InChI is InChI=1S/C8H16NO2.BrH.Mg/c1-6-9(5)7(10)11-8(2,3)4;;/h1,6H2,2-5H3;1H;/q;;+1/p-1. The summed E-state index contributed by atoms with van der Waals surface area (Å²) < 4.78 is 6.12. The van der Waals surface area contributed by atoms with Gasteiger partial charge >= 0.3 is 86.7 Å². The van der Waals surface area contributed by atoms with Crippen LogP contribution in [0.15, 0.2) is 0 Å². The van der Waals surface area contributed by atoms with E-state index in [4.69, 9.17) is 4.74 Å². The molecule has 0 N–H and O–H groups in total. The minimum atomic E-state index is -0.388. The third-order valence-electron chi connectivity index (χ3n) is 1.20. The molecule has 0 aromatic heterocycles. The van der Waals surface area contributed by atoms with E-state index in [2.05, 4.69) is 0 Å². The first kappa shape index (κ1) is 16.0. The van der Waals surface area contributed by atoms with Gasteiger partial charge in [-0.25, -0.2) is 0 Å². The summed E-state index contributed by atoms with van der Waals surface area (Å²) >= 11 is 1.85. The van der Waals surface area contributed by atoms with Crippen LogP contribution in [0.5, 0.6) is 0 Å². The molecule has 0 unspecified atom stereocenters. The molecule has 0 aliphatic rings. The fourth-order valence-corrected chi connectivity index (χ4v) is 1.14. The minimum absolute atomic E-state index is 0. The molecule has 0 bridgehead atoms. The van der Waals surface area contributed by atoms with E-state index in [0.717, 1.165) is 11.1 Å². The number of ether oxygens (including phenoxy) is 1. The second kappa shape index (κ2) is 6.89. The van der Waals surface area contributed by atoms with Crippen molar-refractivity contribution in [2.75, 3.05) is 13.6 Å². The maximum Gasteiger partial charge on any atom is -1.00 e. The van der Waals surface area contributed by atoms with Crippen molar-refractivity contribution in [1.82, 2.24) is 4.90 Å². The maximum atomic E-state index is 11.3. The van der Waals surface area contributed by atoms with E-state index in [1.54, 1.807) is 11.9 Å². The Balaban J connectivity index is 0. The molecule has 0 spiro atoms. The number of hydrogen-bond donors (Lipinski definition) is 0. The number of amides is 1. The van der Waals surface area contributed by atoms with Crippen LogP contribution in [0.1, 0.15) is 20.8 Å². The van der Waals surface area contributed by atoms with Crippen molar-refractivity contribution in [1.29, 1.82) is 0 Å². The van der Waals surface area contributed by atoms with Gasteiger partial charge in [-0.2, -0.15) is 0 Å². The molecule has 13 heavy (non-hydrogen) atoms. The number of nitrogens with zero attached hydrogens (tertiary/aromatic N) is 1. The van der Waals surface area contributed by atoms with Gasteiger partial charge in [0, 0.05) is 0 Å². The van der Waals surface area contributed by atoms with Crippen molar-refractivity contribution in [2.24, 2.45) is 0 Å². The van der Waals surface area contributed by atoms with E-state index in [0.29, 0.717) is 0 Å². The van der Waals surface area contributed by atoms with Gasteiger partial charge in [-0.15, -0.1) is 0 Å². The first-order valence-corrected chi connectivity index (χ1v) is 5.10. The van der Waals surface area contributed by atoms with Gasteiger partial charge in [0.15, 0.2) is 0 Å². The Bertz CT molecular complexity index is 159. The van der Waals surface area contributed by atoms with Crippen LogP contribution in [0.2, 0.25) is 4.55 Å². The third kappa shape index (κ3) is 8.84. The molecule has 1 amide bonds. The second-order valence-corrected chi connectivity index (χ2v) is 4.46. The fourth-order valence-electron chi connectivity index (χ4n) is 0.668. The predicted molar refractivity (Wildman–Crippen MR) is 49.4 cm³/mol. The van der Waals surface area contributed by atoms with Crippen LogP contribution in [0.3, 0.4) is 0 Å². The smallest absolute Gasteiger partial charge is 1.00 e. The predicted octanol–water partition coefficient (Wildman–Crippen LogP) is -1.56. The van der Waals surface area contributed by atoms with Crippen molar-refractivity contribution < 1.29 is 26.5 Å². The van der Waals surface area contributed by atoms with Crippen LogP contribution in [0.4, 0.5) is 4.79 Å². The summed E-state index contributed by atoms with van der Waals surface area (Å²) in [5.74, 6) is 0. The monoisotopic (exact) mass is 261 g/mol. The van der Waals surface area contributed by atoms with E-state index in [1.807, 2.05) is 42.5 Å². The maximum absolute atomic E-state index is 11.3. The Hall–Kier alpha value is 0.516. The van der Waals surface area contributed by atoms with Crippen LogP contribution >= 0.6 is 0 Å². The number of halogens is 1. The number of rotatable bonds is 2. The summed E-state index contributed by atoms with van der Waals surface area (Å²) in [5, 5.41) is 0. The quantitative estimate of drug-likeness (QED) is 0.564. The van der Waals surface area contributed by atoms with Crippen molar-refractivity contribution in [3.63, 3.8) is 0 Å². The van der Waals surface area contributed by atoms with E-state index in [-0.39, 0.29) is 28.7 Å². The van der Waals surface area contributed by atoms with Gasteiger partial charge < -0.3 is 17.0 Å². The molecule has 0 rings (SSSR count). The summed E-state index contributed by atoms with van der Waals surface area (Å²) in [6.45, 7) is 6.36. The Kier molecular flexibility index (Phi) is 8.47. The Morgan fingerprint density at radius 1 is 1.46 bits per heavy atom. The zero-order chi connectivity index (χ0) is 9.78. The molecule has 0 saturated heterocycles. The molecule has 0 aliphatic heterocycles. The molecule has 0 saturated carbocycles. The van der Waals surface area contributed by atoms with E-state index < -0.39 is 0 Å². The Morgan fingerprint density at radius 3 is 2.23 bits per heavy atom. The van der Waals surface area contributed by atoms with Crippen LogP contribution in [0, 0.1) is 0 Å². The zero-order valence-electron chi connectivity index (χ0n) is 8.76. The number of hydrogen-bond acceptors (Lipinski definition) is 2. The van der Waals surface area contributed by atoms with Gasteiger partial charge in [0.2, 0.25) is 0 Å². The molecule has 0 radical (unpaired) electrons. The van der Waals surface area contributed by atoms with Crippen molar-refractivity contribution in [3.8, 4) is 0 Å². The molecular weight excluding hydrogens is 246 g/mol. The molecule has 0 aromatic carbocycles. The SMILES string of the molecule is CN(C[CH2][Mg+])C(=O)OC(C)(C)C.[Br-]. The molecule has 74 valence electrons. The summed E-state index contributed by atoms with van der Waals surface area (Å²) in [5.41, 5.74) is -0.388. The number of carbonyl (C=O) groups excluding carboxylic acids is 1. The Morgan fingerprint density at radius 2 is 1.92 bits per heavy atom. The summed E-state index contributed by atoms with van der Waals surface area (Å²) in [6, 6.07) is 0. The molecule has 0 atom stereocenters. The molecule has 0 aromatic rings. The van der Waals surface area contributed by atoms with Gasteiger partial charge in [0.25, 0.3) is 0 Å². The molecule has 0 aliphatic carbocycles. The topological polar surface area (TPSA) is 29.5 Å². The fraction of sp³-hybridized carbons (Fsp3) is 0.875. The van der Waals surface area contributed by atoms with E-state index in [9.17, 15) is 4.79 Å². The van der Waals surface area contributed by atoms with Crippen LogP contribution in [0.25, 0.3) is 0 Å². The Labute approximate surface area is 103 Å². The summed E-state index contributed by atoms with van der Waals surface area (Å²) in [6.07, 6.45) is -0.242.